The van der Waals surface area contributed by atoms with Crippen molar-refractivity contribution < 1.29 is 18.0 Å². The number of anilines is 2. The maximum Gasteiger partial charge on any atom is 0.416 e. The molecule has 1 heterocycles. The van der Waals surface area contributed by atoms with Crippen LogP contribution in [0.1, 0.15) is 5.56 Å². The molecule has 0 radical (unpaired) electrons. The van der Waals surface area contributed by atoms with Gasteiger partial charge in [-0.3, -0.25) is 0 Å². The summed E-state index contributed by atoms with van der Waals surface area (Å²) in [6.07, 6.45) is -2.92. The van der Waals surface area contributed by atoms with Crippen molar-refractivity contribution in [1.82, 2.24) is 4.98 Å². The Morgan fingerprint density at radius 2 is 1.80 bits per heavy atom. The van der Waals surface area contributed by atoms with Gasteiger partial charge in [-0.2, -0.15) is 13.2 Å². The fourth-order valence-corrected chi connectivity index (χ4v) is 2.35. The molecular weight excluding hydrogens is 333 g/mol. The number of rotatable bonds is 2. The minimum absolute atomic E-state index is 0.0311. The second-order valence-corrected chi connectivity index (χ2v) is 5.20. The molecule has 25 heavy (non-hydrogen) atoms. The molecule has 0 spiro atoms. The monoisotopic (exact) mass is 344 g/mol. The zero-order valence-corrected chi connectivity index (χ0v) is 12.6. The Morgan fingerprint density at radius 3 is 2.48 bits per heavy atom. The molecule has 0 saturated heterocycles. The van der Waals surface area contributed by atoms with E-state index < -0.39 is 17.8 Å². The van der Waals surface area contributed by atoms with Gasteiger partial charge >= 0.3 is 12.2 Å². The number of halogens is 3. The van der Waals surface area contributed by atoms with Gasteiger partial charge in [-0.25, -0.2) is 9.64 Å². The Bertz CT molecular complexity index is 985. The number of carbonyl (C=O) groups excluding carboxylic acids is 1. The summed E-state index contributed by atoms with van der Waals surface area (Å²) < 4.78 is 38.0. The number of urea groups is 1. The Kier molecular flexibility index (Phi) is 4.07. The minimum atomic E-state index is -4.48. The molecule has 0 fully saturated rings. The van der Waals surface area contributed by atoms with Gasteiger partial charge in [0.25, 0.3) is 0 Å². The molecule has 3 rings (SSSR count). The van der Waals surface area contributed by atoms with E-state index in [2.05, 4.69) is 20.5 Å². The third-order valence-corrected chi connectivity index (χ3v) is 3.49. The van der Waals surface area contributed by atoms with Crippen LogP contribution < -0.4 is 10.6 Å². The van der Waals surface area contributed by atoms with Crippen LogP contribution >= 0.6 is 0 Å². The molecule has 0 bridgehead atoms. The van der Waals surface area contributed by atoms with Crippen molar-refractivity contribution in [1.29, 1.82) is 0 Å². The molecule has 0 atom stereocenters. The Labute approximate surface area is 140 Å². The number of aromatic nitrogens is 1. The van der Waals surface area contributed by atoms with E-state index in [1.54, 1.807) is 24.4 Å². The van der Waals surface area contributed by atoms with Crippen molar-refractivity contribution in [2.24, 2.45) is 0 Å². The lowest BCUT2D eigenvalue weighted by atomic mass is 10.2. The lowest BCUT2D eigenvalue weighted by molar-refractivity contribution is -0.137. The lowest BCUT2D eigenvalue weighted by Gasteiger charge is -2.11. The number of alkyl halides is 3. The van der Waals surface area contributed by atoms with Gasteiger partial charge in [0.15, 0.2) is 0 Å². The molecule has 3 N–H and O–H groups in total. The number of fused-ring (bicyclic) bond motifs is 1. The molecule has 0 saturated carbocycles. The highest BCUT2D eigenvalue weighted by Crippen LogP contribution is 2.31. The molecule has 3 aromatic rings. The standard InChI is InChI=1S/C17H11F3N4O/c1-21-15-9-22-14-8-12(5-6-13(14)15)24-16(25)23-11-4-2-3-10(7-11)17(18,19)20/h2-9,22H,(H2,23,24,25). The Morgan fingerprint density at radius 1 is 1.08 bits per heavy atom. The predicted octanol–water partition coefficient (Wildman–Crippen LogP) is 5.38. The van der Waals surface area contributed by atoms with E-state index in [9.17, 15) is 18.0 Å². The van der Waals surface area contributed by atoms with Crippen LogP contribution in [0, 0.1) is 6.57 Å². The number of nitrogens with zero attached hydrogens (tertiary/aromatic N) is 1. The van der Waals surface area contributed by atoms with E-state index in [1.807, 2.05) is 0 Å². The highest BCUT2D eigenvalue weighted by Gasteiger charge is 2.30. The summed E-state index contributed by atoms with van der Waals surface area (Å²) in [5, 5.41) is 5.62. The van der Waals surface area contributed by atoms with Gasteiger partial charge < -0.3 is 15.6 Å². The molecule has 5 nitrogen and oxygen atoms in total. The first-order valence-corrected chi connectivity index (χ1v) is 7.11. The highest BCUT2D eigenvalue weighted by molar-refractivity contribution is 6.02. The smallest absolute Gasteiger partial charge is 0.372 e. The number of nitrogens with one attached hydrogen (secondary N) is 3. The number of amides is 2. The van der Waals surface area contributed by atoms with Crippen molar-refractivity contribution >= 4 is 34.0 Å². The normalized spacial score (nSPS) is 11.1. The Balaban J connectivity index is 1.74. The average molecular weight is 344 g/mol. The van der Waals surface area contributed by atoms with Gasteiger partial charge in [-0.15, -0.1) is 0 Å². The summed E-state index contributed by atoms with van der Waals surface area (Å²) in [4.78, 5) is 18.3. The minimum Gasteiger partial charge on any atom is -0.372 e. The zero-order valence-electron chi connectivity index (χ0n) is 12.6. The predicted molar refractivity (Wildman–Crippen MR) is 88.6 cm³/mol. The van der Waals surface area contributed by atoms with Crippen LogP contribution in [0.3, 0.4) is 0 Å². The van der Waals surface area contributed by atoms with E-state index in [-0.39, 0.29) is 5.69 Å². The number of hydrogen-bond donors (Lipinski definition) is 3. The lowest BCUT2D eigenvalue weighted by Crippen LogP contribution is -2.19. The Hall–Kier alpha value is -3.47. The molecule has 0 aliphatic rings. The van der Waals surface area contributed by atoms with Crippen molar-refractivity contribution in [3.05, 3.63) is 65.6 Å². The third kappa shape index (κ3) is 3.55. The molecule has 8 heteroatoms. The van der Waals surface area contributed by atoms with Gasteiger partial charge in [0.1, 0.15) is 0 Å². The number of hydrogen-bond acceptors (Lipinski definition) is 1. The summed E-state index contributed by atoms with van der Waals surface area (Å²) in [7, 11) is 0. The summed E-state index contributed by atoms with van der Waals surface area (Å²) in [6.45, 7) is 7.04. The van der Waals surface area contributed by atoms with E-state index in [4.69, 9.17) is 6.57 Å². The molecule has 126 valence electrons. The molecule has 2 aromatic carbocycles. The molecule has 2 amide bonds. The number of H-pyrrole nitrogens is 1. The fourth-order valence-electron chi connectivity index (χ4n) is 2.35. The maximum atomic E-state index is 12.7. The van der Waals surface area contributed by atoms with Gasteiger partial charge in [-0.1, -0.05) is 12.1 Å². The highest BCUT2D eigenvalue weighted by atomic mass is 19.4. The van der Waals surface area contributed by atoms with Crippen molar-refractivity contribution in [3.63, 3.8) is 0 Å². The average Bonchev–Trinajstić information content (AvgIpc) is 2.96. The van der Waals surface area contributed by atoms with Crippen molar-refractivity contribution in [2.45, 2.75) is 6.18 Å². The third-order valence-electron chi connectivity index (χ3n) is 3.49. The van der Waals surface area contributed by atoms with Crippen LogP contribution in [-0.2, 0) is 6.18 Å². The van der Waals surface area contributed by atoms with E-state index in [1.165, 1.54) is 12.1 Å². The summed E-state index contributed by atoms with van der Waals surface area (Å²) in [6, 6.07) is 8.62. The summed E-state index contributed by atoms with van der Waals surface area (Å²) in [5.41, 5.74) is 0.765. The topological polar surface area (TPSA) is 61.3 Å². The van der Waals surface area contributed by atoms with E-state index >= 15 is 0 Å². The first-order valence-electron chi connectivity index (χ1n) is 7.11. The van der Waals surface area contributed by atoms with Crippen LogP contribution in [0.2, 0.25) is 0 Å². The maximum absolute atomic E-state index is 12.7. The number of benzene rings is 2. The van der Waals surface area contributed by atoms with Crippen LogP contribution in [0.5, 0.6) is 0 Å². The summed E-state index contributed by atoms with van der Waals surface area (Å²) in [5.74, 6) is 0. The number of aromatic amines is 1. The van der Waals surface area contributed by atoms with E-state index in [0.29, 0.717) is 16.9 Å². The van der Waals surface area contributed by atoms with E-state index in [0.717, 1.165) is 17.5 Å². The zero-order chi connectivity index (χ0) is 18.0. The molecule has 0 aliphatic heterocycles. The summed E-state index contributed by atoms with van der Waals surface area (Å²) >= 11 is 0. The fraction of sp³-hybridized carbons (Fsp3) is 0.0588. The first kappa shape index (κ1) is 16.4. The molecule has 0 unspecified atom stereocenters. The molecular formula is C17H11F3N4O. The van der Waals surface area contributed by atoms with Gasteiger partial charge in [0.2, 0.25) is 5.69 Å². The van der Waals surface area contributed by atoms with Crippen LogP contribution in [0.15, 0.2) is 48.7 Å². The number of carbonyl (C=O) groups is 1. The van der Waals surface area contributed by atoms with Gasteiger partial charge in [0, 0.05) is 28.5 Å². The van der Waals surface area contributed by atoms with Gasteiger partial charge in [-0.05, 0) is 30.3 Å². The van der Waals surface area contributed by atoms with Crippen LogP contribution in [0.25, 0.3) is 15.7 Å². The SMILES string of the molecule is [C-]#[N+]c1c[nH]c2cc(NC(=O)Nc3cccc(C(F)(F)F)c3)ccc12. The molecule has 0 aliphatic carbocycles. The van der Waals surface area contributed by atoms with Crippen molar-refractivity contribution in [2.75, 3.05) is 10.6 Å². The van der Waals surface area contributed by atoms with Gasteiger partial charge in [0.05, 0.1) is 12.1 Å². The largest absolute Gasteiger partial charge is 0.416 e. The van der Waals surface area contributed by atoms with Crippen molar-refractivity contribution in [3.8, 4) is 0 Å². The second-order valence-electron chi connectivity index (χ2n) is 5.20. The van der Waals surface area contributed by atoms with Crippen LogP contribution in [0.4, 0.5) is 35.0 Å². The molecule has 1 aromatic heterocycles. The first-order chi connectivity index (χ1) is 11.9. The quantitative estimate of drug-likeness (QED) is 0.537. The second kappa shape index (κ2) is 6.20. The van der Waals surface area contributed by atoms with Crippen LogP contribution in [-0.4, -0.2) is 11.0 Å².